The van der Waals surface area contributed by atoms with Gasteiger partial charge in [-0.15, -0.1) is 6.42 Å². The van der Waals surface area contributed by atoms with E-state index in [9.17, 15) is 5.11 Å². The van der Waals surface area contributed by atoms with Crippen molar-refractivity contribution in [3.63, 3.8) is 0 Å². The van der Waals surface area contributed by atoms with Crippen LogP contribution in [0.15, 0.2) is 24.3 Å². The zero-order valence-electron chi connectivity index (χ0n) is 8.11. The lowest BCUT2D eigenvalue weighted by Crippen LogP contribution is -2.21. The van der Waals surface area contributed by atoms with Crippen molar-refractivity contribution in [2.75, 3.05) is 0 Å². The van der Waals surface area contributed by atoms with Crippen LogP contribution in [0.4, 0.5) is 0 Å². The maximum absolute atomic E-state index is 9.69. The van der Waals surface area contributed by atoms with Gasteiger partial charge in [0.2, 0.25) is 0 Å². The molecule has 1 unspecified atom stereocenters. The minimum Gasteiger partial charge on any atom is -0.380 e. The van der Waals surface area contributed by atoms with Gasteiger partial charge >= 0.3 is 0 Å². The smallest absolute Gasteiger partial charge is 0.121 e. The molecule has 1 aliphatic carbocycles. The topological polar surface area (TPSA) is 20.2 Å². The van der Waals surface area contributed by atoms with Crippen LogP contribution in [0.3, 0.4) is 0 Å². The lowest BCUT2D eigenvalue weighted by Gasteiger charge is -2.26. The largest absolute Gasteiger partial charge is 0.380 e. The average molecular weight is 186 g/mol. The Hall–Kier alpha value is -1.26. The Labute approximate surface area is 84.8 Å². The summed E-state index contributed by atoms with van der Waals surface area (Å²) in [7, 11) is 0. The molecule has 1 heteroatoms. The van der Waals surface area contributed by atoms with E-state index in [1.807, 2.05) is 12.1 Å². The van der Waals surface area contributed by atoms with Crippen molar-refractivity contribution in [1.29, 1.82) is 0 Å². The monoisotopic (exact) mass is 186 g/mol. The van der Waals surface area contributed by atoms with Crippen molar-refractivity contribution >= 4 is 0 Å². The summed E-state index contributed by atoms with van der Waals surface area (Å²) >= 11 is 0. The van der Waals surface area contributed by atoms with Crippen LogP contribution in [-0.4, -0.2) is 11.2 Å². The summed E-state index contributed by atoms with van der Waals surface area (Å²) in [6, 6.07) is 8.27. The van der Waals surface area contributed by atoms with Gasteiger partial charge in [0, 0.05) is 5.92 Å². The van der Waals surface area contributed by atoms with Crippen LogP contribution in [0.5, 0.6) is 0 Å². The quantitative estimate of drug-likeness (QED) is 0.666. The summed E-state index contributed by atoms with van der Waals surface area (Å²) in [6.07, 6.45) is 7.87. The molecule has 14 heavy (non-hydrogen) atoms. The third kappa shape index (κ3) is 1.54. The summed E-state index contributed by atoms with van der Waals surface area (Å²) in [4.78, 5) is 0. The summed E-state index contributed by atoms with van der Waals surface area (Å²) in [5.74, 6) is 2.57. The summed E-state index contributed by atoms with van der Waals surface area (Å²) in [6.45, 7) is 0. The van der Waals surface area contributed by atoms with E-state index in [-0.39, 0.29) is 5.92 Å². The van der Waals surface area contributed by atoms with Gasteiger partial charge < -0.3 is 5.11 Å². The zero-order chi connectivity index (χ0) is 9.97. The second-order valence-electron chi connectivity index (χ2n) is 3.81. The number of aliphatic hydroxyl groups excluding tert-OH is 1. The molecule has 0 spiro atoms. The molecule has 0 aromatic heterocycles. The predicted molar refractivity (Wildman–Crippen MR) is 57.0 cm³/mol. The van der Waals surface area contributed by atoms with Crippen molar-refractivity contribution in [2.24, 2.45) is 0 Å². The highest BCUT2D eigenvalue weighted by molar-refractivity contribution is 5.34. The Morgan fingerprint density at radius 1 is 1.43 bits per heavy atom. The molecule has 2 rings (SSSR count). The Bertz CT molecular complexity index is 362. The number of aliphatic hydroxyl groups is 1. The standard InChI is InChI=1S/C13H14O/c1-2-13(14)12-9-5-7-10-6-3-4-8-11(10)12/h1,3-4,6,8,12-14H,5,7,9H2/t12?,13-/m1/s1. The third-order valence-corrected chi connectivity index (χ3v) is 2.97. The van der Waals surface area contributed by atoms with Crippen LogP contribution in [0, 0.1) is 12.3 Å². The molecule has 0 bridgehead atoms. The number of aryl methyl sites for hydroxylation is 1. The first-order valence-electron chi connectivity index (χ1n) is 5.05. The third-order valence-electron chi connectivity index (χ3n) is 2.97. The molecule has 0 saturated heterocycles. The lowest BCUT2D eigenvalue weighted by molar-refractivity contribution is 0.189. The fourth-order valence-corrected chi connectivity index (χ4v) is 2.24. The van der Waals surface area contributed by atoms with Gasteiger partial charge in [0.25, 0.3) is 0 Å². The molecule has 72 valence electrons. The number of hydrogen-bond acceptors (Lipinski definition) is 1. The van der Waals surface area contributed by atoms with E-state index >= 15 is 0 Å². The van der Waals surface area contributed by atoms with E-state index in [4.69, 9.17) is 6.42 Å². The molecule has 1 nitrogen and oxygen atoms in total. The molecule has 0 heterocycles. The maximum atomic E-state index is 9.69. The van der Waals surface area contributed by atoms with Gasteiger partial charge in [-0.1, -0.05) is 30.2 Å². The number of fused-ring (bicyclic) bond motifs is 1. The Kier molecular flexibility index (Phi) is 2.56. The van der Waals surface area contributed by atoms with E-state index in [1.165, 1.54) is 11.1 Å². The van der Waals surface area contributed by atoms with Crippen molar-refractivity contribution < 1.29 is 5.11 Å². The van der Waals surface area contributed by atoms with Crippen LogP contribution in [0.1, 0.15) is 29.9 Å². The second kappa shape index (κ2) is 3.86. The van der Waals surface area contributed by atoms with E-state index in [1.54, 1.807) is 0 Å². The molecule has 1 aliphatic rings. The van der Waals surface area contributed by atoms with Gasteiger partial charge in [-0.25, -0.2) is 0 Å². The van der Waals surface area contributed by atoms with Crippen molar-refractivity contribution in [2.45, 2.75) is 31.3 Å². The van der Waals surface area contributed by atoms with Gasteiger partial charge in [-0.05, 0) is 30.4 Å². The van der Waals surface area contributed by atoms with Crippen LogP contribution in [0.2, 0.25) is 0 Å². The molecular weight excluding hydrogens is 172 g/mol. The Morgan fingerprint density at radius 2 is 2.21 bits per heavy atom. The van der Waals surface area contributed by atoms with Gasteiger partial charge in [-0.3, -0.25) is 0 Å². The summed E-state index contributed by atoms with van der Waals surface area (Å²) < 4.78 is 0. The second-order valence-corrected chi connectivity index (χ2v) is 3.81. The van der Waals surface area contributed by atoms with Crippen LogP contribution in [0.25, 0.3) is 0 Å². The first-order valence-corrected chi connectivity index (χ1v) is 5.05. The molecule has 2 atom stereocenters. The average Bonchev–Trinajstić information content (AvgIpc) is 2.27. The minimum atomic E-state index is -0.628. The molecule has 0 saturated carbocycles. The molecule has 0 aliphatic heterocycles. The SMILES string of the molecule is C#C[C@@H](O)C1CCCc2ccccc21. The van der Waals surface area contributed by atoms with Gasteiger partial charge in [0.1, 0.15) is 6.10 Å². The molecule has 1 aromatic carbocycles. The zero-order valence-corrected chi connectivity index (χ0v) is 8.11. The highest BCUT2D eigenvalue weighted by Crippen LogP contribution is 2.33. The first kappa shape index (κ1) is 9.30. The molecule has 1 aromatic rings. The predicted octanol–water partition coefficient (Wildman–Crippen LogP) is 2.10. The summed E-state index contributed by atoms with van der Waals surface area (Å²) in [5, 5.41) is 9.69. The van der Waals surface area contributed by atoms with Gasteiger partial charge in [0.05, 0.1) is 0 Å². The number of terminal acetylenes is 1. The van der Waals surface area contributed by atoms with Crippen LogP contribution < -0.4 is 0 Å². The van der Waals surface area contributed by atoms with E-state index in [2.05, 4.69) is 18.1 Å². The number of rotatable bonds is 1. The fraction of sp³-hybridized carbons (Fsp3) is 0.385. The molecular formula is C13H14O. The molecule has 0 radical (unpaired) electrons. The highest BCUT2D eigenvalue weighted by atomic mass is 16.3. The molecule has 1 N–H and O–H groups in total. The molecule has 0 fully saturated rings. The Balaban J connectivity index is 2.36. The van der Waals surface area contributed by atoms with E-state index < -0.39 is 6.10 Å². The van der Waals surface area contributed by atoms with Crippen molar-refractivity contribution in [1.82, 2.24) is 0 Å². The molecule has 0 amide bonds. The maximum Gasteiger partial charge on any atom is 0.121 e. The van der Waals surface area contributed by atoms with Gasteiger partial charge in [-0.2, -0.15) is 0 Å². The van der Waals surface area contributed by atoms with Crippen LogP contribution in [-0.2, 0) is 6.42 Å². The van der Waals surface area contributed by atoms with Crippen molar-refractivity contribution in [3.05, 3.63) is 35.4 Å². The van der Waals surface area contributed by atoms with E-state index in [0.717, 1.165) is 19.3 Å². The van der Waals surface area contributed by atoms with Gasteiger partial charge in [0.15, 0.2) is 0 Å². The highest BCUT2D eigenvalue weighted by Gasteiger charge is 2.24. The fourth-order valence-electron chi connectivity index (χ4n) is 2.24. The summed E-state index contributed by atoms with van der Waals surface area (Å²) in [5.41, 5.74) is 2.59. The van der Waals surface area contributed by atoms with Crippen molar-refractivity contribution in [3.8, 4) is 12.3 Å². The van der Waals surface area contributed by atoms with E-state index in [0.29, 0.717) is 0 Å². The normalized spacial score (nSPS) is 22.1. The number of benzene rings is 1. The minimum absolute atomic E-state index is 0.143. The number of hydrogen-bond donors (Lipinski definition) is 1. The lowest BCUT2D eigenvalue weighted by atomic mass is 9.80. The van der Waals surface area contributed by atoms with Crippen LogP contribution >= 0.6 is 0 Å². The first-order chi connectivity index (χ1) is 6.83. The Morgan fingerprint density at radius 3 is 3.00 bits per heavy atom.